The van der Waals surface area contributed by atoms with Crippen LogP contribution in [0.15, 0.2) is 11.8 Å². The molecular weight excluding hydrogens is 440 g/mol. The normalized spacial score (nSPS) is 33.2. The number of hydrogen-bond donors (Lipinski definition) is 5. The van der Waals surface area contributed by atoms with Crippen molar-refractivity contribution in [2.24, 2.45) is 5.92 Å². The molecule has 33 heavy (non-hydrogen) atoms. The van der Waals surface area contributed by atoms with Crippen molar-refractivity contribution < 1.29 is 54.2 Å². The van der Waals surface area contributed by atoms with Gasteiger partial charge in [0.25, 0.3) is 0 Å². The number of carbonyl (C=O) groups is 5. The molecule has 1 aromatic rings. The summed E-state index contributed by atoms with van der Waals surface area (Å²) < 4.78 is 4.89. The summed E-state index contributed by atoms with van der Waals surface area (Å²) in [7, 11) is 1.15. The van der Waals surface area contributed by atoms with E-state index in [-0.39, 0.29) is 22.4 Å². The number of methoxy groups -OCH3 is 1. The summed E-state index contributed by atoms with van der Waals surface area (Å²) in [5.41, 5.74) is -8.22. The van der Waals surface area contributed by atoms with Crippen LogP contribution in [0.2, 0.25) is 0 Å². The molecule has 0 bridgehead atoms. The Morgan fingerprint density at radius 3 is 2.24 bits per heavy atom. The number of carbonyl (C=O) groups excluding carboxylic acids is 5. The smallest absolute Gasteiger partial charge is 0.228 e. The third-order valence-electron chi connectivity index (χ3n) is 6.89. The van der Waals surface area contributed by atoms with E-state index in [1.165, 1.54) is 6.92 Å². The van der Waals surface area contributed by atoms with E-state index in [0.717, 1.165) is 20.1 Å². The average Bonchev–Trinajstić information content (AvgIpc) is 2.74. The molecule has 0 saturated heterocycles. The number of rotatable bonds is 2. The van der Waals surface area contributed by atoms with Gasteiger partial charge in [0.15, 0.2) is 17.3 Å². The zero-order valence-electron chi connectivity index (χ0n) is 17.7. The van der Waals surface area contributed by atoms with Gasteiger partial charge in [-0.1, -0.05) is 0 Å². The summed E-state index contributed by atoms with van der Waals surface area (Å²) >= 11 is 0. The fourth-order valence-electron chi connectivity index (χ4n) is 5.12. The molecule has 11 nitrogen and oxygen atoms in total. The van der Waals surface area contributed by atoms with Gasteiger partial charge < -0.3 is 30.3 Å². The number of ketones is 5. The van der Waals surface area contributed by atoms with Crippen molar-refractivity contribution in [1.29, 1.82) is 0 Å². The van der Waals surface area contributed by atoms with E-state index in [1.54, 1.807) is 0 Å². The highest BCUT2D eigenvalue weighted by Crippen LogP contribution is 2.50. The number of fused-ring (bicyclic) bond motifs is 3. The van der Waals surface area contributed by atoms with Crippen molar-refractivity contribution in [3.05, 3.63) is 39.7 Å². The van der Waals surface area contributed by atoms with E-state index < -0.39 is 81.5 Å². The number of aliphatic hydroxyl groups excluding tert-OH is 2. The average molecular weight is 460 g/mol. The third kappa shape index (κ3) is 2.50. The Morgan fingerprint density at radius 2 is 1.70 bits per heavy atom. The summed E-state index contributed by atoms with van der Waals surface area (Å²) in [6.07, 6.45) is -4.51. The number of ether oxygens (including phenoxy) is 1. The molecule has 0 radical (unpaired) electrons. The van der Waals surface area contributed by atoms with Crippen molar-refractivity contribution in [3.8, 4) is 5.75 Å². The van der Waals surface area contributed by atoms with Crippen molar-refractivity contribution >= 4 is 28.9 Å². The minimum Gasteiger partial charge on any atom is -0.506 e. The molecule has 1 fully saturated rings. The maximum atomic E-state index is 13.4. The lowest BCUT2D eigenvalue weighted by Crippen LogP contribution is -2.80. The van der Waals surface area contributed by atoms with Gasteiger partial charge in [-0.15, -0.1) is 0 Å². The van der Waals surface area contributed by atoms with Crippen LogP contribution in [-0.2, 0) is 20.7 Å². The summed E-state index contributed by atoms with van der Waals surface area (Å²) in [5.74, 6) is -9.11. The number of Topliss-reactive ketones (excluding diaryl/α,β-unsaturated/α-hetero) is 4. The first-order valence-corrected chi connectivity index (χ1v) is 9.89. The van der Waals surface area contributed by atoms with Crippen LogP contribution >= 0.6 is 0 Å². The lowest BCUT2D eigenvalue weighted by molar-refractivity contribution is -0.232. The molecule has 0 aromatic heterocycles. The number of phenolic OH excluding ortho intramolecular Hbond substituents is 1. The number of allylic oxidation sites excluding steroid dienone is 2. The molecule has 1 aromatic carbocycles. The van der Waals surface area contributed by atoms with Crippen LogP contribution in [0.5, 0.6) is 5.75 Å². The zero-order chi connectivity index (χ0) is 24.8. The topological polar surface area (TPSA) is 196 Å². The van der Waals surface area contributed by atoms with Crippen LogP contribution in [0.3, 0.4) is 0 Å². The highest BCUT2D eigenvalue weighted by molar-refractivity contribution is 6.30. The van der Waals surface area contributed by atoms with Gasteiger partial charge in [-0.05, 0) is 25.0 Å². The van der Waals surface area contributed by atoms with E-state index in [1.807, 2.05) is 0 Å². The maximum Gasteiger partial charge on any atom is 0.228 e. The molecule has 11 heteroatoms. The van der Waals surface area contributed by atoms with Gasteiger partial charge in [-0.2, -0.15) is 0 Å². The van der Waals surface area contributed by atoms with Gasteiger partial charge in [0, 0.05) is 18.1 Å². The molecular formula is C22H20O11. The van der Waals surface area contributed by atoms with Crippen molar-refractivity contribution in [1.82, 2.24) is 0 Å². The SMILES string of the molecule is COC1=CC(=O)c2c(O)c3c(c(C)c2C1=O)CC1(O)C(O)C(O)C(C(C)=O)C(=O)C1(O)C3=O. The molecule has 0 aliphatic heterocycles. The van der Waals surface area contributed by atoms with E-state index >= 15 is 0 Å². The minimum atomic E-state index is -3.41. The predicted octanol–water partition coefficient (Wildman–Crippen LogP) is -1.68. The summed E-state index contributed by atoms with van der Waals surface area (Å²) in [5, 5.41) is 54.2. The lowest BCUT2D eigenvalue weighted by atomic mass is 9.55. The fourth-order valence-corrected chi connectivity index (χ4v) is 5.12. The highest BCUT2D eigenvalue weighted by Gasteiger charge is 2.73. The molecule has 1 saturated carbocycles. The Labute approximate surface area is 185 Å². The van der Waals surface area contributed by atoms with Gasteiger partial charge in [0.2, 0.25) is 17.2 Å². The first kappa shape index (κ1) is 22.9. The van der Waals surface area contributed by atoms with Crippen molar-refractivity contribution in [3.63, 3.8) is 0 Å². The second-order valence-electron chi connectivity index (χ2n) is 8.51. The largest absolute Gasteiger partial charge is 0.506 e. The first-order chi connectivity index (χ1) is 15.2. The van der Waals surface area contributed by atoms with Crippen LogP contribution in [-0.4, -0.2) is 85.0 Å². The first-order valence-electron chi connectivity index (χ1n) is 9.89. The second kappa shape index (κ2) is 6.87. The van der Waals surface area contributed by atoms with Gasteiger partial charge in [-0.25, -0.2) is 0 Å². The Morgan fingerprint density at radius 1 is 1.09 bits per heavy atom. The van der Waals surface area contributed by atoms with Crippen molar-refractivity contribution in [2.75, 3.05) is 7.11 Å². The summed E-state index contributed by atoms with van der Waals surface area (Å²) in [4.78, 5) is 63.9. The number of aromatic hydroxyl groups is 1. The molecule has 5 atom stereocenters. The van der Waals surface area contributed by atoms with Gasteiger partial charge >= 0.3 is 0 Å². The molecule has 5 N–H and O–H groups in total. The van der Waals surface area contributed by atoms with Crippen LogP contribution in [0.25, 0.3) is 0 Å². The van der Waals surface area contributed by atoms with Gasteiger partial charge in [0.05, 0.1) is 24.3 Å². The molecule has 0 heterocycles. The van der Waals surface area contributed by atoms with E-state index in [9.17, 15) is 49.5 Å². The van der Waals surface area contributed by atoms with E-state index in [4.69, 9.17) is 4.74 Å². The Kier molecular flexibility index (Phi) is 4.78. The molecule has 0 amide bonds. The fraction of sp³-hybridized carbons (Fsp3) is 0.409. The maximum absolute atomic E-state index is 13.4. The predicted molar refractivity (Wildman–Crippen MR) is 106 cm³/mol. The summed E-state index contributed by atoms with van der Waals surface area (Å²) in [6, 6.07) is 0. The van der Waals surface area contributed by atoms with E-state index in [0.29, 0.717) is 0 Å². The van der Waals surface area contributed by atoms with E-state index in [2.05, 4.69) is 0 Å². The number of aliphatic hydroxyl groups is 4. The van der Waals surface area contributed by atoms with Crippen LogP contribution in [0, 0.1) is 12.8 Å². The third-order valence-corrected chi connectivity index (χ3v) is 6.89. The standard InChI is InChI=1S/C22H20O11/c1-6-8-5-21(31)20(30)17(27)12(7(2)23)18(28)22(21,32)19(29)13(8)16(26)14-9(24)4-10(33-3)15(25)11(6)14/h4,12,17,20,26-27,30-32H,5H2,1-3H3. The summed E-state index contributed by atoms with van der Waals surface area (Å²) in [6.45, 7) is 2.21. The Hall–Kier alpha value is -3.25. The molecule has 0 spiro atoms. The van der Waals surface area contributed by atoms with Crippen LogP contribution in [0.4, 0.5) is 0 Å². The van der Waals surface area contributed by atoms with Gasteiger partial charge in [0.1, 0.15) is 29.2 Å². The molecule has 174 valence electrons. The Balaban J connectivity index is 2.05. The number of hydrogen-bond acceptors (Lipinski definition) is 11. The van der Waals surface area contributed by atoms with Crippen LogP contribution in [0.1, 0.15) is 49.1 Å². The molecule has 5 unspecified atom stereocenters. The Bertz CT molecular complexity index is 1230. The quantitative estimate of drug-likeness (QED) is 0.316. The van der Waals surface area contributed by atoms with Gasteiger partial charge in [-0.3, -0.25) is 24.0 Å². The van der Waals surface area contributed by atoms with Crippen LogP contribution < -0.4 is 0 Å². The number of benzene rings is 1. The highest BCUT2D eigenvalue weighted by atomic mass is 16.5. The number of phenols is 1. The lowest BCUT2D eigenvalue weighted by Gasteiger charge is -2.53. The molecule has 3 aliphatic carbocycles. The monoisotopic (exact) mass is 460 g/mol. The minimum absolute atomic E-state index is 0.0366. The zero-order valence-corrected chi connectivity index (χ0v) is 17.7. The second-order valence-corrected chi connectivity index (χ2v) is 8.51. The molecule has 3 aliphatic rings. The van der Waals surface area contributed by atoms with Crippen molar-refractivity contribution in [2.45, 2.75) is 43.7 Å². The molecule has 4 rings (SSSR count).